The Morgan fingerprint density at radius 2 is 2.42 bits per heavy atom. The van der Waals surface area contributed by atoms with Crippen molar-refractivity contribution in [1.82, 2.24) is 5.32 Å². The van der Waals surface area contributed by atoms with Gasteiger partial charge in [-0.15, -0.1) is 12.3 Å². The minimum Gasteiger partial charge on any atom is -0.355 e. The van der Waals surface area contributed by atoms with Crippen LogP contribution >= 0.6 is 0 Å². The molecule has 0 rings (SSSR count). The van der Waals surface area contributed by atoms with Crippen LogP contribution < -0.4 is 11.1 Å². The Morgan fingerprint density at radius 1 is 1.75 bits per heavy atom. The quantitative estimate of drug-likeness (QED) is 0.457. The van der Waals surface area contributed by atoms with Gasteiger partial charge in [-0.3, -0.25) is 4.79 Å². The van der Waals surface area contributed by atoms with Crippen LogP contribution in [0.1, 0.15) is 26.2 Å². The van der Waals surface area contributed by atoms with E-state index in [1.54, 1.807) is 0 Å². The fourth-order valence-electron chi connectivity index (χ4n) is 0.721. The van der Waals surface area contributed by atoms with E-state index in [9.17, 15) is 4.79 Å². The number of rotatable bonds is 5. The fourth-order valence-corrected chi connectivity index (χ4v) is 0.721. The van der Waals surface area contributed by atoms with Crippen LogP contribution in [0.3, 0.4) is 0 Å². The van der Waals surface area contributed by atoms with E-state index in [0.29, 0.717) is 19.4 Å². The highest BCUT2D eigenvalue weighted by Gasteiger charge is 2.01. The van der Waals surface area contributed by atoms with Gasteiger partial charge in [-0.1, -0.05) is 0 Å². The molecule has 0 aliphatic heterocycles. The van der Waals surface area contributed by atoms with E-state index in [1.807, 2.05) is 6.92 Å². The molecule has 0 aromatic heterocycles. The third-order valence-corrected chi connectivity index (χ3v) is 1.42. The van der Waals surface area contributed by atoms with Crippen molar-refractivity contribution >= 4 is 5.91 Å². The summed E-state index contributed by atoms with van der Waals surface area (Å²) in [5, 5.41) is 2.70. The van der Waals surface area contributed by atoms with Crippen molar-refractivity contribution in [3.63, 3.8) is 0 Å². The minimum absolute atomic E-state index is 0.0301. The maximum absolute atomic E-state index is 11.0. The molecule has 3 heteroatoms. The predicted molar refractivity (Wildman–Crippen MR) is 49.3 cm³/mol. The monoisotopic (exact) mass is 168 g/mol. The SMILES string of the molecule is C#CCCNC(=O)CCC(C)N. The molecule has 0 fully saturated rings. The standard InChI is InChI=1S/C9H16N2O/c1-3-4-7-11-9(12)6-5-8(2)10/h1,8H,4-7,10H2,2H3,(H,11,12). The van der Waals surface area contributed by atoms with Gasteiger partial charge in [0.05, 0.1) is 0 Å². The molecule has 12 heavy (non-hydrogen) atoms. The predicted octanol–water partition coefficient (Wildman–Crippen LogP) is 0.253. The van der Waals surface area contributed by atoms with Gasteiger partial charge in [-0.05, 0) is 13.3 Å². The highest BCUT2D eigenvalue weighted by Crippen LogP contribution is 1.92. The molecule has 0 radical (unpaired) electrons. The molecule has 68 valence electrons. The lowest BCUT2D eigenvalue weighted by molar-refractivity contribution is -0.121. The second-order valence-corrected chi connectivity index (χ2v) is 2.82. The number of carbonyl (C=O) groups excluding carboxylic acids is 1. The third kappa shape index (κ3) is 7.10. The number of carbonyl (C=O) groups is 1. The van der Waals surface area contributed by atoms with Crippen LogP contribution in [0.4, 0.5) is 0 Å². The summed E-state index contributed by atoms with van der Waals surface area (Å²) < 4.78 is 0. The van der Waals surface area contributed by atoms with Gasteiger partial charge in [-0.2, -0.15) is 0 Å². The van der Waals surface area contributed by atoms with Gasteiger partial charge >= 0.3 is 0 Å². The summed E-state index contributed by atoms with van der Waals surface area (Å²) in [6.45, 7) is 2.45. The summed E-state index contributed by atoms with van der Waals surface area (Å²) >= 11 is 0. The third-order valence-electron chi connectivity index (χ3n) is 1.42. The lowest BCUT2D eigenvalue weighted by Gasteiger charge is -2.04. The van der Waals surface area contributed by atoms with Gasteiger partial charge in [0.15, 0.2) is 0 Å². The Balaban J connectivity index is 3.29. The molecule has 0 aromatic rings. The van der Waals surface area contributed by atoms with Crippen molar-refractivity contribution in [1.29, 1.82) is 0 Å². The summed E-state index contributed by atoms with van der Waals surface area (Å²) in [6, 6.07) is 0.0865. The zero-order valence-electron chi connectivity index (χ0n) is 7.47. The highest BCUT2D eigenvalue weighted by molar-refractivity contribution is 5.75. The summed E-state index contributed by atoms with van der Waals surface area (Å²) in [7, 11) is 0. The maximum atomic E-state index is 11.0. The average molecular weight is 168 g/mol. The second kappa shape index (κ2) is 6.68. The van der Waals surface area contributed by atoms with Crippen LogP contribution in [-0.4, -0.2) is 18.5 Å². The summed E-state index contributed by atoms with van der Waals surface area (Å²) in [5.41, 5.74) is 5.48. The molecule has 3 N–H and O–H groups in total. The Labute approximate surface area is 73.7 Å². The van der Waals surface area contributed by atoms with E-state index in [4.69, 9.17) is 12.2 Å². The van der Waals surface area contributed by atoms with Crippen molar-refractivity contribution in [2.24, 2.45) is 5.73 Å². The largest absolute Gasteiger partial charge is 0.355 e. The number of terminal acetylenes is 1. The molecule has 0 bridgehead atoms. The van der Waals surface area contributed by atoms with Crippen molar-refractivity contribution in [2.75, 3.05) is 6.54 Å². The smallest absolute Gasteiger partial charge is 0.220 e. The van der Waals surface area contributed by atoms with Gasteiger partial charge < -0.3 is 11.1 Å². The Morgan fingerprint density at radius 3 is 2.92 bits per heavy atom. The topological polar surface area (TPSA) is 55.1 Å². The Bertz CT molecular complexity index is 170. The van der Waals surface area contributed by atoms with Crippen LogP contribution in [-0.2, 0) is 4.79 Å². The average Bonchev–Trinajstić information content (AvgIpc) is 2.01. The van der Waals surface area contributed by atoms with Crippen LogP contribution in [0.15, 0.2) is 0 Å². The zero-order valence-corrected chi connectivity index (χ0v) is 7.47. The maximum Gasteiger partial charge on any atom is 0.220 e. The van der Waals surface area contributed by atoms with Gasteiger partial charge in [0, 0.05) is 25.4 Å². The van der Waals surface area contributed by atoms with E-state index in [2.05, 4.69) is 11.2 Å². The summed E-state index contributed by atoms with van der Waals surface area (Å²) in [5.74, 6) is 2.48. The Kier molecular flexibility index (Phi) is 6.12. The lowest BCUT2D eigenvalue weighted by Crippen LogP contribution is -2.26. The first-order valence-electron chi connectivity index (χ1n) is 4.12. The van der Waals surface area contributed by atoms with Crippen molar-refractivity contribution in [3.05, 3.63) is 0 Å². The first kappa shape index (κ1) is 11.0. The molecule has 1 unspecified atom stereocenters. The van der Waals surface area contributed by atoms with Crippen LogP contribution in [0.2, 0.25) is 0 Å². The molecule has 0 aliphatic rings. The zero-order chi connectivity index (χ0) is 9.40. The van der Waals surface area contributed by atoms with E-state index in [0.717, 1.165) is 6.42 Å². The molecular weight excluding hydrogens is 152 g/mol. The second-order valence-electron chi connectivity index (χ2n) is 2.82. The molecule has 0 heterocycles. The van der Waals surface area contributed by atoms with E-state index in [-0.39, 0.29) is 11.9 Å². The first-order valence-corrected chi connectivity index (χ1v) is 4.12. The number of nitrogens with one attached hydrogen (secondary N) is 1. The van der Waals surface area contributed by atoms with Crippen molar-refractivity contribution in [2.45, 2.75) is 32.2 Å². The Hall–Kier alpha value is -1.01. The summed E-state index contributed by atoms with van der Waals surface area (Å²) in [6.07, 6.45) is 6.82. The number of nitrogens with two attached hydrogens (primary N) is 1. The molecular formula is C9H16N2O. The normalized spacial score (nSPS) is 11.8. The highest BCUT2D eigenvalue weighted by atomic mass is 16.1. The lowest BCUT2D eigenvalue weighted by atomic mass is 10.2. The van der Waals surface area contributed by atoms with Gasteiger partial charge in [0.25, 0.3) is 0 Å². The van der Waals surface area contributed by atoms with E-state index >= 15 is 0 Å². The summed E-state index contributed by atoms with van der Waals surface area (Å²) in [4.78, 5) is 11.0. The van der Waals surface area contributed by atoms with Crippen LogP contribution in [0.25, 0.3) is 0 Å². The molecule has 0 saturated heterocycles. The minimum atomic E-state index is 0.0301. The molecule has 1 amide bonds. The first-order chi connectivity index (χ1) is 5.66. The fraction of sp³-hybridized carbons (Fsp3) is 0.667. The van der Waals surface area contributed by atoms with Crippen LogP contribution in [0.5, 0.6) is 0 Å². The number of amides is 1. The molecule has 0 aliphatic carbocycles. The van der Waals surface area contributed by atoms with Crippen molar-refractivity contribution < 1.29 is 4.79 Å². The van der Waals surface area contributed by atoms with Gasteiger partial charge in [0.1, 0.15) is 0 Å². The van der Waals surface area contributed by atoms with Crippen LogP contribution in [0, 0.1) is 12.3 Å². The van der Waals surface area contributed by atoms with E-state index in [1.165, 1.54) is 0 Å². The molecule has 3 nitrogen and oxygen atoms in total. The van der Waals surface area contributed by atoms with Gasteiger partial charge in [-0.25, -0.2) is 0 Å². The molecule has 0 saturated carbocycles. The number of hydrogen-bond acceptors (Lipinski definition) is 2. The van der Waals surface area contributed by atoms with Crippen molar-refractivity contribution in [3.8, 4) is 12.3 Å². The molecule has 0 aromatic carbocycles. The molecule has 0 spiro atoms. The molecule has 1 atom stereocenters. The van der Waals surface area contributed by atoms with Gasteiger partial charge in [0.2, 0.25) is 5.91 Å². The van der Waals surface area contributed by atoms with E-state index < -0.39 is 0 Å². The number of hydrogen-bond donors (Lipinski definition) is 2.